The van der Waals surface area contributed by atoms with Gasteiger partial charge < -0.3 is 0 Å². The summed E-state index contributed by atoms with van der Waals surface area (Å²) in [5.74, 6) is 6.06. The standard InChI is InChI=1S/C11H12S/c1-2-3-4-5-6-7-11-8-9-12-10-11/h4-5,8-10H,2-3H2,1H3/b5-4+. The monoisotopic (exact) mass is 176 g/mol. The van der Waals surface area contributed by atoms with Crippen molar-refractivity contribution in [3.63, 3.8) is 0 Å². The van der Waals surface area contributed by atoms with Gasteiger partial charge in [-0.25, -0.2) is 0 Å². The van der Waals surface area contributed by atoms with Gasteiger partial charge >= 0.3 is 0 Å². The third-order valence-electron chi connectivity index (χ3n) is 1.39. The van der Waals surface area contributed by atoms with Gasteiger partial charge in [0.1, 0.15) is 0 Å². The van der Waals surface area contributed by atoms with Gasteiger partial charge in [-0.15, -0.1) is 0 Å². The van der Waals surface area contributed by atoms with E-state index in [4.69, 9.17) is 0 Å². The normalized spacial score (nSPS) is 9.75. The molecule has 0 spiro atoms. The summed E-state index contributed by atoms with van der Waals surface area (Å²) in [7, 11) is 0. The first-order chi connectivity index (χ1) is 5.93. The molecule has 0 atom stereocenters. The third kappa shape index (κ3) is 3.41. The van der Waals surface area contributed by atoms with E-state index < -0.39 is 0 Å². The molecule has 0 fully saturated rings. The van der Waals surface area contributed by atoms with Crippen LogP contribution in [0.1, 0.15) is 25.3 Å². The molecule has 0 radical (unpaired) electrons. The number of unbranched alkanes of at least 4 members (excludes halogenated alkanes) is 1. The molecule has 0 aromatic carbocycles. The maximum Gasteiger partial charge on any atom is 0.0355 e. The zero-order valence-electron chi connectivity index (χ0n) is 7.21. The van der Waals surface area contributed by atoms with E-state index in [-0.39, 0.29) is 0 Å². The molecule has 0 saturated heterocycles. The molecule has 0 bridgehead atoms. The van der Waals surface area contributed by atoms with Crippen molar-refractivity contribution in [1.82, 2.24) is 0 Å². The Bertz CT molecular complexity index is 283. The highest BCUT2D eigenvalue weighted by Crippen LogP contribution is 2.02. The Morgan fingerprint density at radius 2 is 2.50 bits per heavy atom. The van der Waals surface area contributed by atoms with Crippen LogP contribution in [-0.4, -0.2) is 0 Å². The lowest BCUT2D eigenvalue weighted by Crippen LogP contribution is -1.62. The minimum Gasteiger partial charge on any atom is -0.151 e. The minimum atomic E-state index is 1.11. The van der Waals surface area contributed by atoms with E-state index in [0.29, 0.717) is 0 Å². The summed E-state index contributed by atoms with van der Waals surface area (Å²) in [6, 6.07) is 2.03. The first-order valence-electron chi connectivity index (χ1n) is 4.12. The van der Waals surface area contributed by atoms with Crippen molar-refractivity contribution in [3.8, 4) is 11.8 Å². The molecule has 0 nitrogen and oxygen atoms in total. The largest absolute Gasteiger partial charge is 0.151 e. The van der Waals surface area contributed by atoms with Crippen molar-refractivity contribution in [2.45, 2.75) is 19.8 Å². The molecule has 0 N–H and O–H groups in total. The fourth-order valence-corrected chi connectivity index (χ4v) is 1.36. The Balaban J connectivity index is 2.39. The maximum absolute atomic E-state index is 3.06. The lowest BCUT2D eigenvalue weighted by Gasteiger charge is -1.78. The average molecular weight is 176 g/mol. The SMILES string of the molecule is CCC/C=C/C#Cc1ccsc1. The molecule has 0 aliphatic carbocycles. The molecule has 12 heavy (non-hydrogen) atoms. The van der Waals surface area contributed by atoms with E-state index in [1.807, 2.05) is 17.5 Å². The highest BCUT2D eigenvalue weighted by Gasteiger charge is 1.81. The van der Waals surface area contributed by atoms with Gasteiger partial charge in [-0.2, -0.15) is 11.3 Å². The maximum atomic E-state index is 3.06. The Morgan fingerprint density at radius 3 is 3.17 bits per heavy atom. The van der Waals surface area contributed by atoms with Crippen molar-refractivity contribution in [3.05, 3.63) is 34.5 Å². The van der Waals surface area contributed by atoms with Crippen LogP contribution in [0.2, 0.25) is 0 Å². The quantitative estimate of drug-likeness (QED) is 0.605. The van der Waals surface area contributed by atoms with Gasteiger partial charge in [0, 0.05) is 10.9 Å². The summed E-state index contributed by atoms with van der Waals surface area (Å²) in [5.41, 5.74) is 1.11. The zero-order chi connectivity index (χ0) is 8.65. The molecule has 0 amide bonds. The lowest BCUT2D eigenvalue weighted by molar-refractivity contribution is 0.959. The first-order valence-corrected chi connectivity index (χ1v) is 5.06. The second-order valence-corrected chi connectivity index (χ2v) is 3.25. The van der Waals surface area contributed by atoms with Crippen LogP contribution in [0.4, 0.5) is 0 Å². The van der Waals surface area contributed by atoms with E-state index in [2.05, 4.69) is 30.2 Å². The molecule has 1 aromatic heterocycles. The van der Waals surface area contributed by atoms with Crippen LogP contribution >= 0.6 is 11.3 Å². The third-order valence-corrected chi connectivity index (χ3v) is 2.08. The van der Waals surface area contributed by atoms with E-state index in [9.17, 15) is 0 Å². The van der Waals surface area contributed by atoms with E-state index >= 15 is 0 Å². The Kier molecular flexibility index (Phi) is 4.26. The van der Waals surface area contributed by atoms with Crippen LogP contribution in [0.5, 0.6) is 0 Å². The molecule has 0 aliphatic heterocycles. The zero-order valence-corrected chi connectivity index (χ0v) is 8.03. The molecule has 62 valence electrons. The first kappa shape index (κ1) is 9.09. The van der Waals surface area contributed by atoms with Crippen molar-refractivity contribution in [2.24, 2.45) is 0 Å². The van der Waals surface area contributed by atoms with Crippen LogP contribution < -0.4 is 0 Å². The van der Waals surface area contributed by atoms with Crippen LogP contribution in [0.15, 0.2) is 29.0 Å². The predicted molar refractivity (Wildman–Crippen MR) is 55.2 cm³/mol. The number of hydrogen-bond donors (Lipinski definition) is 0. The average Bonchev–Trinajstić information content (AvgIpc) is 2.57. The Labute approximate surface area is 77.9 Å². The number of rotatable bonds is 2. The molecule has 1 heteroatoms. The van der Waals surface area contributed by atoms with Crippen LogP contribution in [-0.2, 0) is 0 Å². The van der Waals surface area contributed by atoms with Crippen molar-refractivity contribution < 1.29 is 0 Å². The van der Waals surface area contributed by atoms with Crippen LogP contribution in [0, 0.1) is 11.8 Å². The Hall–Kier alpha value is -1.000. The summed E-state index contributed by atoms with van der Waals surface area (Å²) in [5, 5.41) is 4.10. The molecule has 0 saturated carbocycles. The summed E-state index contributed by atoms with van der Waals surface area (Å²) < 4.78 is 0. The molecule has 0 unspecified atom stereocenters. The highest BCUT2D eigenvalue weighted by atomic mass is 32.1. The van der Waals surface area contributed by atoms with Gasteiger partial charge in [0.15, 0.2) is 0 Å². The number of allylic oxidation sites excluding steroid dienone is 2. The van der Waals surface area contributed by atoms with E-state index in [1.54, 1.807) is 11.3 Å². The summed E-state index contributed by atoms with van der Waals surface area (Å²) in [6.45, 7) is 2.16. The van der Waals surface area contributed by atoms with Crippen LogP contribution in [0.25, 0.3) is 0 Å². The molecule has 0 aliphatic rings. The van der Waals surface area contributed by atoms with Crippen LogP contribution in [0.3, 0.4) is 0 Å². The molecule has 1 heterocycles. The van der Waals surface area contributed by atoms with Gasteiger partial charge in [0.25, 0.3) is 0 Å². The number of thiophene rings is 1. The second-order valence-electron chi connectivity index (χ2n) is 2.47. The predicted octanol–water partition coefficient (Wildman–Crippen LogP) is 3.46. The highest BCUT2D eigenvalue weighted by molar-refractivity contribution is 7.08. The topological polar surface area (TPSA) is 0 Å². The smallest absolute Gasteiger partial charge is 0.0355 e. The second kappa shape index (κ2) is 5.62. The minimum absolute atomic E-state index is 1.11. The van der Waals surface area contributed by atoms with E-state index in [1.165, 1.54) is 6.42 Å². The van der Waals surface area contributed by atoms with Gasteiger partial charge in [-0.05, 0) is 23.9 Å². The summed E-state index contributed by atoms with van der Waals surface area (Å²) in [4.78, 5) is 0. The molecular weight excluding hydrogens is 164 g/mol. The number of hydrogen-bond acceptors (Lipinski definition) is 1. The lowest BCUT2D eigenvalue weighted by atomic mass is 10.3. The van der Waals surface area contributed by atoms with Crippen molar-refractivity contribution in [1.29, 1.82) is 0 Å². The molecular formula is C11H12S. The Morgan fingerprint density at radius 1 is 1.58 bits per heavy atom. The molecule has 1 rings (SSSR count). The van der Waals surface area contributed by atoms with E-state index in [0.717, 1.165) is 12.0 Å². The van der Waals surface area contributed by atoms with Gasteiger partial charge in [-0.1, -0.05) is 31.3 Å². The van der Waals surface area contributed by atoms with Crippen molar-refractivity contribution in [2.75, 3.05) is 0 Å². The van der Waals surface area contributed by atoms with Gasteiger partial charge in [0.2, 0.25) is 0 Å². The molecule has 1 aromatic rings. The van der Waals surface area contributed by atoms with Gasteiger partial charge in [0.05, 0.1) is 0 Å². The fourth-order valence-electron chi connectivity index (χ4n) is 0.770. The fraction of sp³-hybridized carbons (Fsp3) is 0.273. The summed E-state index contributed by atoms with van der Waals surface area (Å²) in [6.07, 6.45) is 6.36. The summed E-state index contributed by atoms with van der Waals surface area (Å²) >= 11 is 1.68. The van der Waals surface area contributed by atoms with Crippen molar-refractivity contribution >= 4 is 11.3 Å². The van der Waals surface area contributed by atoms with Gasteiger partial charge in [-0.3, -0.25) is 0 Å².